The van der Waals surface area contributed by atoms with Crippen LogP contribution in [0.25, 0.3) is 0 Å². The minimum Gasteiger partial charge on any atom is -0.378 e. The molecule has 0 saturated carbocycles. The van der Waals surface area contributed by atoms with Gasteiger partial charge in [0.25, 0.3) is 0 Å². The molecule has 1 saturated heterocycles. The molecule has 1 atom stereocenters. The van der Waals surface area contributed by atoms with E-state index in [1.165, 1.54) is 6.42 Å². The zero-order chi connectivity index (χ0) is 12.3. The van der Waals surface area contributed by atoms with Gasteiger partial charge in [-0.3, -0.25) is 4.68 Å². The average molecular weight is 234 g/mol. The van der Waals surface area contributed by atoms with Crippen LogP contribution in [0.15, 0.2) is 0 Å². The highest BCUT2D eigenvalue weighted by atomic mass is 16.5. The zero-order valence-electron chi connectivity index (χ0n) is 10.4. The first-order valence-electron chi connectivity index (χ1n) is 6.01. The Labute approximate surface area is 101 Å². The lowest BCUT2D eigenvalue weighted by molar-refractivity contribution is 0.107. The van der Waals surface area contributed by atoms with Crippen LogP contribution >= 0.6 is 0 Å². The monoisotopic (exact) mass is 234 g/mol. The van der Waals surface area contributed by atoms with Crippen molar-refractivity contribution in [1.82, 2.24) is 9.78 Å². The zero-order valence-corrected chi connectivity index (χ0v) is 10.4. The predicted molar refractivity (Wildman–Crippen MR) is 64.7 cm³/mol. The molecule has 1 aromatic rings. The van der Waals surface area contributed by atoms with Crippen molar-refractivity contribution in [3.8, 4) is 6.07 Å². The van der Waals surface area contributed by atoms with E-state index in [2.05, 4.69) is 16.5 Å². The minimum atomic E-state index is 0.377. The number of nitriles is 1. The fourth-order valence-corrected chi connectivity index (χ4v) is 2.22. The van der Waals surface area contributed by atoms with Crippen molar-refractivity contribution in [1.29, 1.82) is 5.26 Å². The van der Waals surface area contributed by atoms with Crippen molar-refractivity contribution >= 4 is 5.82 Å². The molecular weight excluding hydrogens is 216 g/mol. The molecule has 2 rings (SSSR count). The number of ether oxygens (including phenoxy) is 1. The summed E-state index contributed by atoms with van der Waals surface area (Å²) in [6.45, 7) is 3.56. The molecule has 1 fully saturated rings. The number of rotatable bonds is 4. The first-order chi connectivity index (χ1) is 8.22. The van der Waals surface area contributed by atoms with E-state index in [9.17, 15) is 0 Å². The van der Waals surface area contributed by atoms with E-state index < -0.39 is 0 Å². The third-order valence-corrected chi connectivity index (χ3v) is 3.12. The van der Waals surface area contributed by atoms with Gasteiger partial charge >= 0.3 is 0 Å². The Morgan fingerprint density at radius 3 is 3.12 bits per heavy atom. The van der Waals surface area contributed by atoms with Gasteiger partial charge in [-0.1, -0.05) is 0 Å². The normalized spacial score (nSPS) is 19.2. The molecule has 0 aromatic carbocycles. The van der Waals surface area contributed by atoms with E-state index in [4.69, 9.17) is 10.00 Å². The van der Waals surface area contributed by atoms with Crippen LogP contribution in [0.3, 0.4) is 0 Å². The van der Waals surface area contributed by atoms with E-state index in [1.807, 2.05) is 14.0 Å². The number of nitrogens with zero attached hydrogens (tertiary/aromatic N) is 3. The van der Waals surface area contributed by atoms with Gasteiger partial charge in [0.2, 0.25) is 0 Å². The molecule has 92 valence electrons. The summed E-state index contributed by atoms with van der Waals surface area (Å²) in [5, 5.41) is 16.6. The van der Waals surface area contributed by atoms with Crippen molar-refractivity contribution in [2.45, 2.75) is 32.3 Å². The van der Waals surface area contributed by atoms with Crippen LogP contribution in [0.1, 0.15) is 30.5 Å². The molecule has 2 heterocycles. The largest absolute Gasteiger partial charge is 0.378 e. The van der Waals surface area contributed by atoms with E-state index >= 15 is 0 Å². The SMILES string of the molecule is Cc1nn(C)c(NCCC2CCCO2)c1C#N. The molecular formula is C12H18N4O. The fourth-order valence-electron chi connectivity index (χ4n) is 2.22. The van der Waals surface area contributed by atoms with E-state index in [1.54, 1.807) is 4.68 Å². The molecule has 5 heteroatoms. The summed E-state index contributed by atoms with van der Waals surface area (Å²) in [6.07, 6.45) is 3.67. The molecule has 0 radical (unpaired) electrons. The topological polar surface area (TPSA) is 62.9 Å². The number of aryl methyl sites for hydroxylation is 2. The molecule has 0 aliphatic carbocycles. The average Bonchev–Trinajstić information content (AvgIpc) is 2.88. The lowest BCUT2D eigenvalue weighted by Gasteiger charge is -2.11. The maximum Gasteiger partial charge on any atom is 0.142 e. The van der Waals surface area contributed by atoms with E-state index in [0.29, 0.717) is 11.7 Å². The van der Waals surface area contributed by atoms with Crippen LogP contribution < -0.4 is 5.32 Å². The molecule has 17 heavy (non-hydrogen) atoms. The molecule has 0 bridgehead atoms. The number of hydrogen-bond acceptors (Lipinski definition) is 4. The summed E-state index contributed by atoms with van der Waals surface area (Å²) in [4.78, 5) is 0. The van der Waals surface area contributed by atoms with Gasteiger partial charge in [-0.05, 0) is 26.2 Å². The lowest BCUT2D eigenvalue weighted by atomic mass is 10.2. The highest BCUT2D eigenvalue weighted by Gasteiger charge is 2.16. The number of nitrogens with one attached hydrogen (secondary N) is 1. The number of hydrogen-bond donors (Lipinski definition) is 1. The standard InChI is InChI=1S/C12H18N4O/c1-9-11(8-13)12(16(2)15-9)14-6-5-10-4-3-7-17-10/h10,14H,3-7H2,1-2H3. The molecule has 1 N–H and O–H groups in total. The highest BCUT2D eigenvalue weighted by molar-refractivity contribution is 5.54. The summed E-state index contributed by atoms with van der Waals surface area (Å²) in [5.41, 5.74) is 1.41. The Morgan fingerprint density at radius 1 is 1.65 bits per heavy atom. The maximum absolute atomic E-state index is 9.06. The molecule has 1 aliphatic rings. The van der Waals surface area contributed by atoms with Gasteiger partial charge in [0.15, 0.2) is 0 Å². The molecule has 0 spiro atoms. The summed E-state index contributed by atoms with van der Waals surface area (Å²) in [7, 11) is 1.85. The third-order valence-electron chi connectivity index (χ3n) is 3.12. The number of aromatic nitrogens is 2. The third kappa shape index (κ3) is 2.59. The molecule has 1 aliphatic heterocycles. The second-order valence-corrected chi connectivity index (χ2v) is 4.39. The quantitative estimate of drug-likeness (QED) is 0.859. The van der Waals surface area contributed by atoms with Gasteiger partial charge < -0.3 is 10.1 Å². The van der Waals surface area contributed by atoms with Gasteiger partial charge in [0, 0.05) is 20.2 Å². The number of anilines is 1. The van der Waals surface area contributed by atoms with Gasteiger partial charge in [-0.25, -0.2) is 0 Å². The van der Waals surface area contributed by atoms with Gasteiger partial charge in [0.05, 0.1) is 11.8 Å². The van der Waals surface area contributed by atoms with E-state index in [0.717, 1.165) is 37.5 Å². The summed E-state index contributed by atoms with van der Waals surface area (Å²) >= 11 is 0. The maximum atomic E-state index is 9.06. The smallest absolute Gasteiger partial charge is 0.142 e. The van der Waals surface area contributed by atoms with Crippen LogP contribution in [0.2, 0.25) is 0 Å². The summed E-state index contributed by atoms with van der Waals surface area (Å²) in [5.74, 6) is 0.808. The van der Waals surface area contributed by atoms with E-state index in [-0.39, 0.29) is 0 Å². The van der Waals surface area contributed by atoms with Crippen molar-refractivity contribution in [2.24, 2.45) is 7.05 Å². The molecule has 1 aromatic heterocycles. The van der Waals surface area contributed by atoms with Crippen molar-refractivity contribution in [3.63, 3.8) is 0 Å². The molecule has 0 amide bonds. The van der Waals surface area contributed by atoms with Crippen LogP contribution in [0.5, 0.6) is 0 Å². The highest BCUT2D eigenvalue weighted by Crippen LogP contribution is 2.19. The van der Waals surface area contributed by atoms with Crippen molar-refractivity contribution < 1.29 is 4.74 Å². The van der Waals surface area contributed by atoms with Crippen molar-refractivity contribution in [2.75, 3.05) is 18.5 Å². The Hall–Kier alpha value is -1.54. The second kappa shape index (κ2) is 5.19. The van der Waals surface area contributed by atoms with Gasteiger partial charge in [0.1, 0.15) is 17.5 Å². The summed E-state index contributed by atoms with van der Waals surface area (Å²) in [6, 6.07) is 2.19. The Balaban J connectivity index is 1.92. The van der Waals surface area contributed by atoms with Gasteiger partial charge in [-0.2, -0.15) is 10.4 Å². The van der Waals surface area contributed by atoms with Crippen LogP contribution in [0.4, 0.5) is 5.82 Å². The summed E-state index contributed by atoms with van der Waals surface area (Å²) < 4.78 is 7.28. The first kappa shape index (κ1) is 11.9. The van der Waals surface area contributed by atoms with Crippen molar-refractivity contribution in [3.05, 3.63) is 11.3 Å². The Bertz CT molecular complexity index is 426. The molecule has 1 unspecified atom stereocenters. The Morgan fingerprint density at radius 2 is 2.47 bits per heavy atom. The molecule has 5 nitrogen and oxygen atoms in total. The lowest BCUT2D eigenvalue weighted by Crippen LogP contribution is -2.14. The predicted octanol–water partition coefficient (Wildman–Crippen LogP) is 1.58. The second-order valence-electron chi connectivity index (χ2n) is 4.39. The van der Waals surface area contributed by atoms with Crippen LogP contribution in [0, 0.1) is 18.3 Å². The minimum absolute atomic E-state index is 0.377. The first-order valence-corrected chi connectivity index (χ1v) is 6.01. The Kier molecular flexibility index (Phi) is 3.64. The van der Waals surface area contributed by atoms with Crippen LogP contribution in [-0.4, -0.2) is 29.0 Å². The fraction of sp³-hybridized carbons (Fsp3) is 0.667. The van der Waals surface area contributed by atoms with Crippen LogP contribution in [-0.2, 0) is 11.8 Å². The van der Waals surface area contributed by atoms with Gasteiger partial charge in [-0.15, -0.1) is 0 Å².